The molecule has 2 aromatic rings. The summed E-state index contributed by atoms with van der Waals surface area (Å²) in [6, 6.07) is 9.73. The first kappa shape index (κ1) is 22.3. The fourth-order valence-electron chi connectivity index (χ4n) is 4.12. The summed E-state index contributed by atoms with van der Waals surface area (Å²) in [5.41, 5.74) is 0. The van der Waals surface area contributed by atoms with Crippen molar-refractivity contribution in [2.45, 2.75) is 17.7 Å². The Bertz CT molecular complexity index is 1040. The lowest BCUT2D eigenvalue weighted by atomic mass is 9.98. The molecular formula is C21H24Cl2N4O3S. The topological polar surface area (TPSA) is 73.8 Å². The number of piperazine rings is 1. The predicted octanol–water partition coefficient (Wildman–Crippen LogP) is 3.14. The second-order valence-electron chi connectivity index (χ2n) is 7.78. The fraction of sp³-hybridized carbons (Fsp3) is 0.429. The van der Waals surface area contributed by atoms with E-state index in [1.165, 1.54) is 16.4 Å². The highest BCUT2D eigenvalue weighted by Gasteiger charge is 2.36. The molecule has 166 valence electrons. The number of benzene rings is 1. The van der Waals surface area contributed by atoms with Gasteiger partial charge in [-0.15, -0.1) is 0 Å². The standard InChI is InChI=1S/C21H24Cl2N4O3S/c22-17-5-7-18(8-6-17)31(29,30)27-10-2-3-16(15-27)21(28)26-13-11-25(12-14-26)20-19(23)4-1-9-24-20/h1,4-9,16H,2-3,10-15H2. The van der Waals surface area contributed by atoms with Crippen LogP contribution in [0.4, 0.5) is 5.82 Å². The van der Waals surface area contributed by atoms with Crippen molar-refractivity contribution in [3.63, 3.8) is 0 Å². The Morgan fingerprint density at radius 2 is 1.71 bits per heavy atom. The van der Waals surface area contributed by atoms with Crippen molar-refractivity contribution >= 4 is 45.0 Å². The largest absolute Gasteiger partial charge is 0.352 e. The molecule has 0 spiro atoms. The summed E-state index contributed by atoms with van der Waals surface area (Å²) in [5, 5.41) is 1.08. The van der Waals surface area contributed by atoms with Gasteiger partial charge in [0.15, 0.2) is 0 Å². The lowest BCUT2D eigenvalue weighted by Gasteiger charge is -2.39. The summed E-state index contributed by atoms with van der Waals surface area (Å²) in [4.78, 5) is 21.6. The SMILES string of the molecule is O=C(C1CCCN(S(=O)(=O)c2ccc(Cl)cc2)C1)N1CCN(c2ncccc2Cl)CC1. The van der Waals surface area contributed by atoms with Gasteiger partial charge in [0.2, 0.25) is 15.9 Å². The van der Waals surface area contributed by atoms with Crippen molar-refractivity contribution < 1.29 is 13.2 Å². The zero-order valence-corrected chi connectivity index (χ0v) is 19.3. The number of anilines is 1. The van der Waals surface area contributed by atoms with Crippen molar-refractivity contribution in [2.24, 2.45) is 5.92 Å². The molecule has 2 aliphatic heterocycles. The number of sulfonamides is 1. The van der Waals surface area contributed by atoms with Crippen LogP contribution in [0.15, 0.2) is 47.5 Å². The molecule has 31 heavy (non-hydrogen) atoms. The third-order valence-corrected chi connectivity index (χ3v) is 8.24. The number of aromatic nitrogens is 1. The molecule has 0 saturated carbocycles. The fourth-order valence-corrected chi connectivity index (χ4v) is 6.02. The molecule has 1 aromatic heterocycles. The number of piperidine rings is 1. The molecule has 0 N–H and O–H groups in total. The summed E-state index contributed by atoms with van der Waals surface area (Å²) < 4.78 is 27.4. The molecule has 4 rings (SSSR count). The molecule has 2 fully saturated rings. The highest BCUT2D eigenvalue weighted by molar-refractivity contribution is 7.89. The summed E-state index contributed by atoms with van der Waals surface area (Å²) in [7, 11) is -3.65. The molecular weight excluding hydrogens is 459 g/mol. The molecule has 0 aliphatic carbocycles. The van der Waals surface area contributed by atoms with Crippen LogP contribution < -0.4 is 4.90 Å². The highest BCUT2D eigenvalue weighted by atomic mass is 35.5. The molecule has 1 atom stereocenters. The Labute approximate surface area is 192 Å². The van der Waals surface area contributed by atoms with E-state index in [9.17, 15) is 13.2 Å². The normalized spacial score (nSPS) is 20.6. The van der Waals surface area contributed by atoms with E-state index in [4.69, 9.17) is 23.2 Å². The van der Waals surface area contributed by atoms with Gasteiger partial charge in [-0.1, -0.05) is 23.2 Å². The van der Waals surface area contributed by atoms with Crippen LogP contribution in [0.2, 0.25) is 10.0 Å². The van der Waals surface area contributed by atoms with Crippen LogP contribution in [-0.4, -0.2) is 67.8 Å². The first-order chi connectivity index (χ1) is 14.9. The number of rotatable bonds is 4. The maximum Gasteiger partial charge on any atom is 0.243 e. The van der Waals surface area contributed by atoms with Crippen molar-refractivity contribution in [1.29, 1.82) is 0 Å². The van der Waals surface area contributed by atoms with Crippen molar-refractivity contribution in [1.82, 2.24) is 14.2 Å². The van der Waals surface area contributed by atoms with Crippen molar-refractivity contribution in [2.75, 3.05) is 44.2 Å². The second kappa shape index (κ2) is 9.32. The molecule has 0 bridgehead atoms. The predicted molar refractivity (Wildman–Crippen MR) is 121 cm³/mol. The minimum atomic E-state index is -3.65. The van der Waals surface area contributed by atoms with Gasteiger partial charge in [0.1, 0.15) is 5.82 Å². The zero-order chi connectivity index (χ0) is 22.0. The minimum absolute atomic E-state index is 0.0165. The van der Waals surface area contributed by atoms with Crippen LogP contribution in [-0.2, 0) is 14.8 Å². The van der Waals surface area contributed by atoms with Crippen LogP contribution in [0.3, 0.4) is 0 Å². The van der Waals surface area contributed by atoms with E-state index < -0.39 is 10.0 Å². The summed E-state index contributed by atoms with van der Waals surface area (Å²) in [6.07, 6.45) is 3.06. The van der Waals surface area contributed by atoms with E-state index in [1.54, 1.807) is 30.5 Å². The molecule has 2 saturated heterocycles. The maximum atomic E-state index is 13.1. The number of carbonyl (C=O) groups is 1. The van der Waals surface area contributed by atoms with Crippen LogP contribution >= 0.6 is 23.2 Å². The third kappa shape index (κ3) is 4.82. The van der Waals surface area contributed by atoms with Gasteiger partial charge in [0.05, 0.1) is 15.8 Å². The number of amides is 1. The van der Waals surface area contributed by atoms with Crippen molar-refractivity contribution in [3.8, 4) is 0 Å². The van der Waals surface area contributed by atoms with E-state index in [0.717, 1.165) is 5.82 Å². The monoisotopic (exact) mass is 482 g/mol. The van der Waals surface area contributed by atoms with E-state index >= 15 is 0 Å². The number of hydrogen-bond donors (Lipinski definition) is 0. The third-order valence-electron chi connectivity index (χ3n) is 5.81. The molecule has 10 heteroatoms. The summed E-state index contributed by atoms with van der Waals surface area (Å²) in [5.74, 6) is 0.415. The van der Waals surface area contributed by atoms with Gasteiger partial charge in [-0.05, 0) is 49.2 Å². The number of pyridine rings is 1. The highest BCUT2D eigenvalue weighted by Crippen LogP contribution is 2.27. The Morgan fingerprint density at radius 3 is 2.39 bits per heavy atom. The van der Waals surface area contributed by atoms with Gasteiger partial charge < -0.3 is 9.80 Å². The van der Waals surface area contributed by atoms with Gasteiger partial charge in [0.25, 0.3) is 0 Å². The molecule has 1 amide bonds. The van der Waals surface area contributed by atoms with Gasteiger partial charge in [-0.2, -0.15) is 4.31 Å². The van der Waals surface area contributed by atoms with Crippen LogP contribution in [0.1, 0.15) is 12.8 Å². The van der Waals surface area contributed by atoms with Crippen molar-refractivity contribution in [3.05, 3.63) is 52.6 Å². The van der Waals surface area contributed by atoms with Gasteiger partial charge in [-0.3, -0.25) is 4.79 Å². The Morgan fingerprint density at radius 1 is 1.00 bits per heavy atom. The molecule has 1 unspecified atom stereocenters. The van der Waals surface area contributed by atoms with Gasteiger partial charge in [0, 0.05) is 50.5 Å². The second-order valence-corrected chi connectivity index (χ2v) is 10.6. The van der Waals surface area contributed by atoms with E-state index in [2.05, 4.69) is 9.88 Å². The lowest BCUT2D eigenvalue weighted by molar-refractivity contribution is -0.137. The summed E-state index contributed by atoms with van der Waals surface area (Å²) in [6.45, 7) is 3.03. The summed E-state index contributed by atoms with van der Waals surface area (Å²) >= 11 is 12.1. The number of hydrogen-bond acceptors (Lipinski definition) is 5. The molecule has 2 aliphatic rings. The van der Waals surface area contributed by atoms with Gasteiger partial charge in [-0.25, -0.2) is 13.4 Å². The van der Waals surface area contributed by atoms with Crippen LogP contribution in [0.25, 0.3) is 0 Å². The average molecular weight is 483 g/mol. The smallest absolute Gasteiger partial charge is 0.243 e. The minimum Gasteiger partial charge on any atom is -0.352 e. The number of halogens is 2. The van der Waals surface area contributed by atoms with E-state index in [0.29, 0.717) is 55.6 Å². The molecule has 7 nitrogen and oxygen atoms in total. The maximum absolute atomic E-state index is 13.1. The Kier molecular flexibility index (Phi) is 6.71. The van der Waals surface area contributed by atoms with Crippen LogP contribution in [0.5, 0.6) is 0 Å². The van der Waals surface area contributed by atoms with E-state index in [1.807, 2.05) is 4.90 Å². The average Bonchev–Trinajstić information content (AvgIpc) is 2.79. The Hall–Kier alpha value is -1.87. The number of carbonyl (C=O) groups excluding carboxylic acids is 1. The lowest BCUT2D eigenvalue weighted by Crippen LogP contribution is -2.53. The number of nitrogens with zero attached hydrogens (tertiary/aromatic N) is 4. The molecule has 0 radical (unpaired) electrons. The van der Waals surface area contributed by atoms with E-state index in [-0.39, 0.29) is 23.3 Å². The first-order valence-corrected chi connectivity index (χ1v) is 12.5. The first-order valence-electron chi connectivity index (χ1n) is 10.3. The quantitative estimate of drug-likeness (QED) is 0.668. The Balaban J connectivity index is 1.39. The molecule has 3 heterocycles. The van der Waals surface area contributed by atoms with Gasteiger partial charge >= 0.3 is 0 Å². The van der Waals surface area contributed by atoms with Crippen LogP contribution in [0, 0.1) is 5.92 Å². The molecule has 1 aromatic carbocycles. The zero-order valence-electron chi connectivity index (χ0n) is 17.0.